The van der Waals surface area contributed by atoms with E-state index in [9.17, 15) is 0 Å². The van der Waals surface area contributed by atoms with E-state index < -0.39 is 0 Å². The summed E-state index contributed by atoms with van der Waals surface area (Å²) >= 11 is 0. The van der Waals surface area contributed by atoms with Gasteiger partial charge in [-0.3, -0.25) is 4.98 Å². The van der Waals surface area contributed by atoms with Crippen LogP contribution in [0.25, 0.3) is 10.8 Å². The predicted molar refractivity (Wildman–Crippen MR) is 83.8 cm³/mol. The summed E-state index contributed by atoms with van der Waals surface area (Å²) in [4.78, 5) is 4.40. The maximum atomic E-state index is 5.26. The molecule has 3 heteroatoms. The number of rotatable bonds is 7. The molecule has 2 aromatic rings. The molecule has 2 atom stereocenters. The standard InChI is InChI=1S/C17H24N2O/c1-4-19-17(9-13(2)12-20-3)16-11-18-10-14-7-5-6-8-15(14)16/h5-8,10-11,13,17,19H,4,9,12H2,1-3H3. The van der Waals surface area contributed by atoms with Crippen LogP contribution in [0.1, 0.15) is 31.9 Å². The number of nitrogens with zero attached hydrogens (tertiary/aromatic N) is 1. The molecule has 1 aromatic carbocycles. The zero-order chi connectivity index (χ0) is 14.4. The van der Waals surface area contributed by atoms with E-state index in [1.807, 2.05) is 12.4 Å². The van der Waals surface area contributed by atoms with E-state index in [0.29, 0.717) is 12.0 Å². The molecule has 2 rings (SSSR count). The molecule has 0 amide bonds. The van der Waals surface area contributed by atoms with Crippen LogP contribution in [0.5, 0.6) is 0 Å². The maximum absolute atomic E-state index is 5.26. The van der Waals surface area contributed by atoms with Crippen molar-refractivity contribution in [1.29, 1.82) is 0 Å². The largest absolute Gasteiger partial charge is 0.384 e. The van der Waals surface area contributed by atoms with Crippen molar-refractivity contribution in [3.63, 3.8) is 0 Å². The molecular formula is C17H24N2O. The summed E-state index contributed by atoms with van der Waals surface area (Å²) in [6.07, 6.45) is 4.98. The van der Waals surface area contributed by atoms with Crippen LogP contribution in [0, 0.1) is 5.92 Å². The first-order chi connectivity index (χ1) is 9.76. The number of methoxy groups -OCH3 is 1. The molecule has 2 unspecified atom stereocenters. The number of fused-ring (bicyclic) bond motifs is 1. The molecule has 1 heterocycles. The Morgan fingerprint density at radius 2 is 2.05 bits per heavy atom. The summed E-state index contributed by atoms with van der Waals surface area (Å²) in [6, 6.07) is 8.77. The van der Waals surface area contributed by atoms with Crippen molar-refractivity contribution in [2.75, 3.05) is 20.3 Å². The highest BCUT2D eigenvalue weighted by molar-refractivity contribution is 5.85. The van der Waals surface area contributed by atoms with Gasteiger partial charge in [0, 0.05) is 37.5 Å². The highest BCUT2D eigenvalue weighted by Crippen LogP contribution is 2.27. The van der Waals surface area contributed by atoms with Crippen LogP contribution in [0.15, 0.2) is 36.7 Å². The normalized spacial score (nSPS) is 14.3. The Hall–Kier alpha value is -1.45. The molecule has 0 aliphatic heterocycles. The van der Waals surface area contributed by atoms with E-state index in [2.05, 4.69) is 48.4 Å². The Morgan fingerprint density at radius 1 is 1.25 bits per heavy atom. The highest BCUT2D eigenvalue weighted by Gasteiger charge is 2.17. The molecule has 20 heavy (non-hydrogen) atoms. The lowest BCUT2D eigenvalue weighted by molar-refractivity contribution is 0.149. The van der Waals surface area contributed by atoms with Gasteiger partial charge in [0.15, 0.2) is 0 Å². The SMILES string of the molecule is CCNC(CC(C)COC)c1cncc2ccccc12. The third-order valence-corrected chi connectivity index (χ3v) is 3.61. The number of hydrogen-bond acceptors (Lipinski definition) is 3. The van der Waals surface area contributed by atoms with Gasteiger partial charge in [-0.05, 0) is 29.8 Å². The van der Waals surface area contributed by atoms with Gasteiger partial charge in [-0.1, -0.05) is 38.1 Å². The molecule has 0 aliphatic carbocycles. The first-order valence-electron chi connectivity index (χ1n) is 7.31. The third-order valence-electron chi connectivity index (χ3n) is 3.61. The Kier molecular flexibility index (Phi) is 5.50. The number of ether oxygens (including phenoxy) is 1. The van der Waals surface area contributed by atoms with Crippen LogP contribution in [0.3, 0.4) is 0 Å². The molecule has 108 valence electrons. The molecule has 0 saturated heterocycles. The minimum Gasteiger partial charge on any atom is -0.384 e. The topological polar surface area (TPSA) is 34.1 Å². The summed E-state index contributed by atoms with van der Waals surface area (Å²) in [5.41, 5.74) is 1.29. The van der Waals surface area contributed by atoms with E-state index in [1.165, 1.54) is 16.3 Å². The highest BCUT2D eigenvalue weighted by atomic mass is 16.5. The fourth-order valence-electron chi connectivity index (χ4n) is 2.74. The van der Waals surface area contributed by atoms with Crippen molar-refractivity contribution in [2.24, 2.45) is 5.92 Å². The van der Waals surface area contributed by atoms with Crippen molar-refractivity contribution >= 4 is 10.8 Å². The minimum atomic E-state index is 0.323. The minimum absolute atomic E-state index is 0.323. The van der Waals surface area contributed by atoms with E-state index in [1.54, 1.807) is 7.11 Å². The lowest BCUT2D eigenvalue weighted by atomic mass is 9.94. The van der Waals surface area contributed by atoms with Gasteiger partial charge in [0.25, 0.3) is 0 Å². The first kappa shape index (κ1) is 14.9. The van der Waals surface area contributed by atoms with Gasteiger partial charge in [0.2, 0.25) is 0 Å². The predicted octanol–water partition coefficient (Wildman–Crippen LogP) is 3.56. The van der Waals surface area contributed by atoms with Crippen LogP contribution < -0.4 is 5.32 Å². The van der Waals surface area contributed by atoms with Crippen LogP contribution in [0.2, 0.25) is 0 Å². The lowest BCUT2D eigenvalue weighted by Gasteiger charge is -2.23. The summed E-state index contributed by atoms with van der Waals surface area (Å²) in [6.45, 7) is 6.12. The number of hydrogen-bond donors (Lipinski definition) is 1. The van der Waals surface area contributed by atoms with Gasteiger partial charge in [0.05, 0.1) is 0 Å². The summed E-state index contributed by atoms with van der Waals surface area (Å²) in [7, 11) is 1.76. The zero-order valence-corrected chi connectivity index (χ0v) is 12.6. The Balaban J connectivity index is 2.31. The van der Waals surface area contributed by atoms with Gasteiger partial charge >= 0.3 is 0 Å². The average Bonchev–Trinajstić information content (AvgIpc) is 2.46. The average molecular weight is 272 g/mol. The second-order valence-corrected chi connectivity index (χ2v) is 5.36. The molecule has 1 N–H and O–H groups in total. The molecule has 0 bridgehead atoms. The second-order valence-electron chi connectivity index (χ2n) is 5.36. The third kappa shape index (κ3) is 3.56. The summed E-state index contributed by atoms with van der Waals surface area (Å²) < 4.78 is 5.26. The molecular weight excluding hydrogens is 248 g/mol. The van der Waals surface area contributed by atoms with Crippen LogP contribution in [-0.2, 0) is 4.74 Å². The molecule has 0 fully saturated rings. The Labute approximate surface area is 121 Å². The van der Waals surface area contributed by atoms with E-state index in [4.69, 9.17) is 4.74 Å². The molecule has 0 spiro atoms. The zero-order valence-electron chi connectivity index (χ0n) is 12.6. The van der Waals surface area contributed by atoms with Crippen molar-refractivity contribution in [1.82, 2.24) is 10.3 Å². The second kappa shape index (κ2) is 7.36. The van der Waals surface area contributed by atoms with Crippen molar-refractivity contribution in [2.45, 2.75) is 26.3 Å². The quantitative estimate of drug-likeness (QED) is 0.837. The van der Waals surface area contributed by atoms with Crippen molar-refractivity contribution in [3.05, 3.63) is 42.2 Å². The Bertz CT molecular complexity index is 536. The van der Waals surface area contributed by atoms with Crippen LogP contribution in [0.4, 0.5) is 0 Å². The van der Waals surface area contributed by atoms with Gasteiger partial charge in [-0.25, -0.2) is 0 Å². The fraction of sp³-hybridized carbons (Fsp3) is 0.471. The number of pyridine rings is 1. The van der Waals surface area contributed by atoms with Crippen molar-refractivity contribution in [3.8, 4) is 0 Å². The van der Waals surface area contributed by atoms with Gasteiger partial charge in [0.1, 0.15) is 0 Å². The molecule has 0 radical (unpaired) electrons. The fourth-order valence-corrected chi connectivity index (χ4v) is 2.74. The van der Waals surface area contributed by atoms with Gasteiger partial charge in [-0.2, -0.15) is 0 Å². The summed E-state index contributed by atoms with van der Waals surface area (Å²) in [5.74, 6) is 0.517. The molecule has 0 saturated carbocycles. The molecule has 3 nitrogen and oxygen atoms in total. The van der Waals surface area contributed by atoms with Crippen LogP contribution in [-0.4, -0.2) is 25.2 Å². The number of benzene rings is 1. The monoisotopic (exact) mass is 272 g/mol. The van der Waals surface area contributed by atoms with Gasteiger partial charge in [-0.15, -0.1) is 0 Å². The van der Waals surface area contributed by atoms with Crippen LogP contribution >= 0.6 is 0 Å². The smallest absolute Gasteiger partial charge is 0.0488 e. The lowest BCUT2D eigenvalue weighted by Crippen LogP contribution is -2.24. The van der Waals surface area contributed by atoms with Gasteiger partial charge < -0.3 is 10.1 Å². The van der Waals surface area contributed by atoms with E-state index in [-0.39, 0.29) is 0 Å². The number of aromatic nitrogens is 1. The maximum Gasteiger partial charge on any atom is 0.0488 e. The summed E-state index contributed by atoms with van der Waals surface area (Å²) in [5, 5.41) is 6.08. The Morgan fingerprint density at radius 3 is 2.80 bits per heavy atom. The first-order valence-corrected chi connectivity index (χ1v) is 7.31. The molecule has 0 aliphatic rings. The number of nitrogens with one attached hydrogen (secondary N) is 1. The van der Waals surface area contributed by atoms with E-state index >= 15 is 0 Å². The molecule has 1 aromatic heterocycles. The van der Waals surface area contributed by atoms with Crippen molar-refractivity contribution < 1.29 is 4.74 Å². The van der Waals surface area contributed by atoms with E-state index in [0.717, 1.165) is 19.6 Å².